The Morgan fingerprint density at radius 1 is 1.15 bits per heavy atom. The van der Waals surface area contributed by atoms with Crippen LogP contribution in [0.15, 0.2) is 6.07 Å². The first-order chi connectivity index (χ1) is 12.4. The standard InChI is InChI=1S/C18H29ClF2N4OS/c1-17(2,3)27(4,5)26-13-6-8-24(9-7-13)16-22-14(19)10-15(23-16)25-11-18(20,21)12-25/h10,13H,6-9,11-12H2,1-5H3. The molecule has 1 aromatic heterocycles. The van der Waals surface area contributed by atoms with Gasteiger partial charge in [0, 0.05) is 23.9 Å². The molecule has 0 aliphatic carbocycles. The van der Waals surface area contributed by atoms with Gasteiger partial charge in [-0.2, -0.15) is 4.98 Å². The summed E-state index contributed by atoms with van der Waals surface area (Å²) in [5.74, 6) is -1.67. The maximum Gasteiger partial charge on any atom is 0.282 e. The van der Waals surface area contributed by atoms with E-state index < -0.39 is 16.2 Å². The van der Waals surface area contributed by atoms with Gasteiger partial charge in [-0.25, -0.2) is 13.8 Å². The van der Waals surface area contributed by atoms with Gasteiger partial charge in [-0.15, -0.1) is 10.3 Å². The van der Waals surface area contributed by atoms with Gasteiger partial charge in [0.1, 0.15) is 11.0 Å². The molecule has 0 spiro atoms. The number of halogens is 3. The van der Waals surface area contributed by atoms with Crippen molar-refractivity contribution in [2.24, 2.45) is 0 Å². The van der Waals surface area contributed by atoms with E-state index in [9.17, 15) is 8.78 Å². The highest BCUT2D eigenvalue weighted by molar-refractivity contribution is 8.29. The third kappa shape index (κ3) is 4.77. The maximum atomic E-state index is 13.2. The monoisotopic (exact) mass is 422 g/mol. The van der Waals surface area contributed by atoms with Crippen LogP contribution in [0, 0.1) is 0 Å². The molecular formula is C18H29ClF2N4OS. The number of aromatic nitrogens is 2. The summed E-state index contributed by atoms with van der Waals surface area (Å²) in [4.78, 5) is 12.4. The summed E-state index contributed by atoms with van der Waals surface area (Å²) in [6.45, 7) is 7.55. The van der Waals surface area contributed by atoms with Crippen LogP contribution in [0.4, 0.5) is 20.5 Å². The van der Waals surface area contributed by atoms with Crippen LogP contribution < -0.4 is 9.80 Å². The summed E-state index contributed by atoms with van der Waals surface area (Å²) in [5.41, 5.74) is 0. The Hall–Kier alpha value is -0.860. The van der Waals surface area contributed by atoms with E-state index in [1.165, 1.54) is 4.90 Å². The fraction of sp³-hybridized carbons (Fsp3) is 0.778. The summed E-state index contributed by atoms with van der Waals surface area (Å²) in [6, 6.07) is 1.55. The lowest BCUT2D eigenvalue weighted by Crippen LogP contribution is -2.56. The molecule has 1 aromatic rings. The van der Waals surface area contributed by atoms with Crippen LogP contribution in [0.3, 0.4) is 0 Å². The number of rotatable bonds is 4. The van der Waals surface area contributed by atoms with Crippen molar-refractivity contribution in [3.63, 3.8) is 0 Å². The molecule has 9 heteroatoms. The van der Waals surface area contributed by atoms with Gasteiger partial charge in [-0.3, -0.25) is 0 Å². The van der Waals surface area contributed by atoms with E-state index in [0.29, 0.717) is 11.8 Å². The Kier molecular flexibility index (Phi) is 5.56. The van der Waals surface area contributed by atoms with Crippen molar-refractivity contribution in [3.8, 4) is 0 Å². The number of hydrogen-bond donors (Lipinski definition) is 0. The van der Waals surface area contributed by atoms with Gasteiger partial charge in [0.15, 0.2) is 0 Å². The molecule has 3 heterocycles. The SMILES string of the molecule is CC(C)(C)S(C)(C)OC1CCN(c2nc(Cl)cc(N3CC(F)(F)C3)n2)CC1. The molecule has 0 amide bonds. The summed E-state index contributed by atoms with van der Waals surface area (Å²) in [5, 5.41) is 0.280. The van der Waals surface area contributed by atoms with Crippen molar-refractivity contribution in [1.29, 1.82) is 0 Å². The molecule has 5 nitrogen and oxygen atoms in total. The number of hydrogen-bond acceptors (Lipinski definition) is 5. The molecule has 0 unspecified atom stereocenters. The van der Waals surface area contributed by atoms with Crippen LogP contribution in [0.5, 0.6) is 0 Å². The molecular weight excluding hydrogens is 394 g/mol. The molecule has 0 N–H and O–H groups in total. The molecule has 3 rings (SSSR count). The van der Waals surface area contributed by atoms with Gasteiger partial charge in [0.05, 0.1) is 19.2 Å². The normalized spacial score (nSPS) is 21.9. The molecule has 0 bridgehead atoms. The lowest BCUT2D eigenvalue weighted by atomic mass is 10.1. The van der Waals surface area contributed by atoms with E-state index in [-0.39, 0.29) is 29.1 Å². The third-order valence-corrected chi connectivity index (χ3v) is 9.31. The minimum absolute atomic E-state index is 0.133. The summed E-state index contributed by atoms with van der Waals surface area (Å²) in [6.07, 6.45) is 6.43. The second-order valence-electron chi connectivity index (χ2n) is 8.69. The van der Waals surface area contributed by atoms with E-state index in [1.54, 1.807) is 6.07 Å². The topological polar surface area (TPSA) is 41.5 Å². The molecule has 0 aromatic carbocycles. The lowest BCUT2D eigenvalue weighted by molar-refractivity contribution is -0.0267. The van der Waals surface area contributed by atoms with Crippen LogP contribution in [0.2, 0.25) is 5.15 Å². The fourth-order valence-corrected chi connectivity index (χ4v) is 4.34. The zero-order valence-electron chi connectivity index (χ0n) is 16.6. The first-order valence-electron chi connectivity index (χ1n) is 9.20. The predicted octanol–water partition coefficient (Wildman–Crippen LogP) is 4.35. The van der Waals surface area contributed by atoms with Gasteiger partial charge in [-0.05, 0) is 25.4 Å². The maximum absolute atomic E-state index is 13.2. The molecule has 2 saturated heterocycles. The van der Waals surface area contributed by atoms with Gasteiger partial charge in [0.2, 0.25) is 5.95 Å². The van der Waals surface area contributed by atoms with Crippen LogP contribution in [-0.4, -0.2) is 65.4 Å². The highest BCUT2D eigenvalue weighted by Crippen LogP contribution is 2.55. The van der Waals surface area contributed by atoms with Crippen molar-refractivity contribution in [2.75, 3.05) is 48.5 Å². The molecule has 0 saturated carbocycles. The van der Waals surface area contributed by atoms with Gasteiger partial charge < -0.3 is 14.0 Å². The van der Waals surface area contributed by atoms with Gasteiger partial charge in [-0.1, -0.05) is 32.4 Å². The van der Waals surface area contributed by atoms with Crippen LogP contribution in [0.25, 0.3) is 0 Å². The molecule has 0 radical (unpaired) electrons. The van der Waals surface area contributed by atoms with E-state index in [2.05, 4.69) is 48.2 Å². The van der Waals surface area contributed by atoms with Crippen molar-refractivity contribution in [2.45, 2.75) is 50.4 Å². The Morgan fingerprint density at radius 2 is 1.74 bits per heavy atom. The fourth-order valence-electron chi connectivity index (χ4n) is 3.01. The predicted molar refractivity (Wildman–Crippen MR) is 110 cm³/mol. The number of alkyl halides is 2. The molecule has 2 aliphatic rings. The summed E-state index contributed by atoms with van der Waals surface area (Å²) < 4.78 is 32.9. The minimum Gasteiger partial charge on any atom is -0.344 e. The zero-order valence-corrected chi connectivity index (χ0v) is 18.2. The summed E-state index contributed by atoms with van der Waals surface area (Å²) in [7, 11) is -1.16. The highest BCUT2D eigenvalue weighted by Gasteiger charge is 2.44. The first-order valence-corrected chi connectivity index (χ1v) is 11.9. The van der Waals surface area contributed by atoms with Crippen molar-refractivity contribution in [3.05, 3.63) is 11.2 Å². The first kappa shape index (κ1) is 20.9. The number of anilines is 2. The van der Waals surface area contributed by atoms with E-state index in [0.717, 1.165) is 25.9 Å². The van der Waals surface area contributed by atoms with Crippen molar-refractivity contribution >= 4 is 33.7 Å². The van der Waals surface area contributed by atoms with Crippen LogP contribution in [-0.2, 0) is 4.18 Å². The van der Waals surface area contributed by atoms with Gasteiger partial charge >= 0.3 is 0 Å². The van der Waals surface area contributed by atoms with E-state index >= 15 is 0 Å². The van der Waals surface area contributed by atoms with E-state index in [4.69, 9.17) is 15.8 Å². The van der Waals surface area contributed by atoms with E-state index in [1.807, 2.05) is 0 Å². The average Bonchev–Trinajstić information content (AvgIpc) is 2.51. The van der Waals surface area contributed by atoms with Crippen molar-refractivity contribution < 1.29 is 13.0 Å². The molecule has 0 atom stereocenters. The highest BCUT2D eigenvalue weighted by atomic mass is 35.5. The van der Waals surface area contributed by atoms with Crippen LogP contribution >= 0.6 is 21.9 Å². The van der Waals surface area contributed by atoms with Crippen LogP contribution in [0.1, 0.15) is 33.6 Å². The number of nitrogens with zero attached hydrogens (tertiary/aromatic N) is 4. The smallest absolute Gasteiger partial charge is 0.282 e. The third-order valence-electron chi connectivity index (χ3n) is 5.41. The second-order valence-corrected chi connectivity index (χ2v) is 13.0. The minimum atomic E-state index is -2.64. The second kappa shape index (κ2) is 7.19. The molecule has 2 aliphatic heterocycles. The zero-order chi connectivity index (χ0) is 20.0. The average molecular weight is 423 g/mol. The quantitative estimate of drug-likeness (QED) is 0.675. The Balaban J connectivity index is 1.62. The lowest BCUT2D eigenvalue weighted by Gasteiger charge is -2.47. The Morgan fingerprint density at radius 3 is 2.26 bits per heavy atom. The van der Waals surface area contributed by atoms with Gasteiger partial charge in [0.25, 0.3) is 5.92 Å². The molecule has 27 heavy (non-hydrogen) atoms. The molecule has 154 valence electrons. The van der Waals surface area contributed by atoms with Crippen molar-refractivity contribution in [1.82, 2.24) is 9.97 Å². The Labute approximate surface area is 167 Å². The number of piperidine rings is 1. The Bertz CT molecular complexity index is 682. The largest absolute Gasteiger partial charge is 0.344 e. The summed E-state index contributed by atoms with van der Waals surface area (Å²) >= 11 is 6.12. The molecule has 2 fully saturated rings.